The first kappa shape index (κ1) is 22.0. The number of ether oxygens (including phenoxy) is 1. The molecular weight excluding hydrogens is 380 g/mol. The van der Waals surface area contributed by atoms with E-state index in [4.69, 9.17) is 21.6 Å². The van der Waals surface area contributed by atoms with E-state index in [1.54, 1.807) is 18.2 Å². The zero-order valence-electron chi connectivity index (χ0n) is 16.5. The van der Waals surface area contributed by atoms with E-state index in [0.717, 1.165) is 25.8 Å². The van der Waals surface area contributed by atoms with E-state index in [2.05, 4.69) is 15.5 Å². The van der Waals surface area contributed by atoms with Crippen molar-refractivity contribution in [2.24, 2.45) is 0 Å². The maximum Gasteiger partial charge on any atom is 0.407 e. The van der Waals surface area contributed by atoms with Gasteiger partial charge in [-0.15, -0.1) is 0 Å². The number of piperidine rings is 1. The van der Waals surface area contributed by atoms with Crippen molar-refractivity contribution in [3.63, 3.8) is 0 Å². The summed E-state index contributed by atoms with van der Waals surface area (Å²) in [6.45, 7) is 6.91. The van der Waals surface area contributed by atoms with Crippen LogP contribution in [-0.2, 0) is 9.53 Å². The number of hydrogen-bond donors (Lipinski definition) is 2. The molecule has 8 heteroatoms. The molecule has 28 heavy (non-hydrogen) atoms. The maximum atomic E-state index is 12.4. The van der Waals surface area contributed by atoms with E-state index in [9.17, 15) is 9.59 Å². The highest BCUT2D eigenvalue weighted by Crippen LogP contribution is 2.21. The molecule has 0 aliphatic carbocycles. The van der Waals surface area contributed by atoms with Crippen LogP contribution in [0.2, 0.25) is 5.02 Å². The minimum absolute atomic E-state index is 0.0802. The SMILES string of the molecule is CC(C)(C)OC(=O)NCC1CCCCN1CC(=O)Nc1ccc(C#N)c(Cl)c1. The maximum absolute atomic E-state index is 12.4. The summed E-state index contributed by atoms with van der Waals surface area (Å²) < 4.78 is 5.27. The molecule has 0 spiro atoms. The summed E-state index contributed by atoms with van der Waals surface area (Å²) in [6.07, 6.45) is 2.53. The van der Waals surface area contributed by atoms with Crippen molar-refractivity contribution < 1.29 is 14.3 Å². The molecule has 2 N–H and O–H groups in total. The topological polar surface area (TPSA) is 94.5 Å². The van der Waals surface area contributed by atoms with Gasteiger partial charge in [0.1, 0.15) is 11.7 Å². The Morgan fingerprint density at radius 3 is 2.75 bits per heavy atom. The molecule has 0 aromatic heterocycles. The van der Waals surface area contributed by atoms with Gasteiger partial charge in [-0.25, -0.2) is 4.79 Å². The van der Waals surface area contributed by atoms with Gasteiger partial charge in [0.25, 0.3) is 0 Å². The van der Waals surface area contributed by atoms with Crippen molar-refractivity contribution in [3.05, 3.63) is 28.8 Å². The molecule has 1 unspecified atom stereocenters. The first-order valence-corrected chi connectivity index (χ1v) is 9.76. The monoisotopic (exact) mass is 406 g/mol. The number of alkyl carbamates (subject to hydrolysis) is 1. The average molecular weight is 407 g/mol. The summed E-state index contributed by atoms with van der Waals surface area (Å²) in [6, 6.07) is 6.86. The van der Waals surface area contributed by atoms with E-state index in [-0.39, 0.29) is 18.5 Å². The lowest BCUT2D eigenvalue weighted by atomic mass is 10.0. The minimum Gasteiger partial charge on any atom is -0.444 e. The first-order valence-electron chi connectivity index (χ1n) is 9.38. The summed E-state index contributed by atoms with van der Waals surface area (Å²) in [5.41, 5.74) is 0.372. The predicted octanol–water partition coefficient (Wildman–Crippen LogP) is 3.53. The van der Waals surface area contributed by atoms with Crippen LogP contribution in [0, 0.1) is 11.3 Å². The molecule has 7 nitrogen and oxygen atoms in total. The van der Waals surface area contributed by atoms with Gasteiger partial charge in [0, 0.05) is 18.3 Å². The highest BCUT2D eigenvalue weighted by atomic mass is 35.5. The Morgan fingerprint density at radius 2 is 2.11 bits per heavy atom. The highest BCUT2D eigenvalue weighted by molar-refractivity contribution is 6.32. The Morgan fingerprint density at radius 1 is 1.36 bits per heavy atom. The number of nitriles is 1. The Kier molecular flexibility index (Phi) is 7.67. The second kappa shape index (κ2) is 9.76. The predicted molar refractivity (Wildman–Crippen MR) is 108 cm³/mol. The number of carbonyl (C=O) groups excluding carboxylic acids is 2. The van der Waals surface area contributed by atoms with Gasteiger partial charge < -0.3 is 15.4 Å². The lowest BCUT2D eigenvalue weighted by Crippen LogP contribution is -2.49. The number of carbonyl (C=O) groups is 2. The zero-order valence-corrected chi connectivity index (χ0v) is 17.3. The molecule has 2 amide bonds. The summed E-state index contributed by atoms with van der Waals surface area (Å²) in [5.74, 6) is -0.162. The molecule has 1 saturated heterocycles. The number of likely N-dealkylation sites (tertiary alicyclic amines) is 1. The summed E-state index contributed by atoms with van der Waals surface area (Å²) in [4.78, 5) is 26.4. The second-order valence-corrected chi connectivity index (χ2v) is 8.26. The molecule has 1 aromatic carbocycles. The van der Waals surface area contributed by atoms with Gasteiger partial charge in [0.2, 0.25) is 5.91 Å². The molecule has 152 valence electrons. The molecule has 1 heterocycles. The van der Waals surface area contributed by atoms with E-state index < -0.39 is 11.7 Å². The zero-order chi connectivity index (χ0) is 20.7. The molecule has 0 radical (unpaired) electrons. The molecule has 1 aliphatic heterocycles. The third-order valence-electron chi connectivity index (χ3n) is 4.35. The van der Waals surface area contributed by atoms with Crippen LogP contribution < -0.4 is 10.6 Å². The average Bonchev–Trinajstić information content (AvgIpc) is 2.59. The van der Waals surface area contributed by atoms with E-state index in [0.29, 0.717) is 22.8 Å². The number of nitrogens with one attached hydrogen (secondary N) is 2. The number of anilines is 1. The third kappa shape index (κ3) is 7.02. The van der Waals surface area contributed by atoms with Crippen LogP contribution in [0.5, 0.6) is 0 Å². The van der Waals surface area contributed by atoms with Gasteiger partial charge in [-0.1, -0.05) is 18.0 Å². The standard InChI is InChI=1S/C20H27ClN4O3/c1-20(2,3)28-19(27)23-12-16-6-4-5-9-25(16)13-18(26)24-15-8-7-14(11-22)17(21)10-15/h7-8,10,16H,4-6,9,12-13H2,1-3H3,(H,23,27)(H,24,26). The molecule has 0 saturated carbocycles. The van der Waals surface area contributed by atoms with Crippen molar-refractivity contribution in [2.75, 3.05) is 25.0 Å². The minimum atomic E-state index is -0.543. The number of amides is 2. The number of halogens is 1. The van der Waals surface area contributed by atoms with Crippen LogP contribution in [0.25, 0.3) is 0 Å². The summed E-state index contributed by atoms with van der Waals surface area (Å²) in [5, 5.41) is 14.8. The fourth-order valence-electron chi connectivity index (χ4n) is 3.08. The third-order valence-corrected chi connectivity index (χ3v) is 4.66. The smallest absolute Gasteiger partial charge is 0.407 e. The normalized spacial score (nSPS) is 17.5. The molecule has 1 atom stereocenters. The van der Waals surface area contributed by atoms with Crippen molar-refractivity contribution in [1.29, 1.82) is 5.26 Å². The molecule has 1 fully saturated rings. The number of hydrogen-bond acceptors (Lipinski definition) is 5. The van der Waals surface area contributed by atoms with Crippen LogP contribution in [0.15, 0.2) is 18.2 Å². The van der Waals surface area contributed by atoms with Crippen molar-refractivity contribution in [3.8, 4) is 6.07 Å². The van der Waals surface area contributed by atoms with Crippen LogP contribution in [0.3, 0.4) is 0 Å². The van der Waals surface area contributed by atoms with Gasteiger partial charge >= 0.3 is 6.09 Å². The molecule has 2 rings (SSSR count). The van der Waals surface area contributed by atoms with Crippen molar-refractivity contribution in [1.82, 2.24) is 10.2 Å². The van der Waals surface area contributed by atoms with E-state index in [1.807, 2.05) is 26.8 Å². The molecule has 1 aromatic rings. The fourth-order valence-corrected chi connectivity index (χ4v) is 3.31. The largest absolute Gasteiger partial charge is 0.444 e. The fraction of sp³-hybridized carbons (Fsp3) is 0.550. The van der Waals surface area contributed by atoms with Crippen LogP contribution in [0.1, 0.15) is 45.6 Å². The van der Waals surface area contributed by atoms with Gasteiger partial charge in [-0.05, 0) is 58.4 Å². The van der Waals surface area contributed by atoms with Gasteiger partial charge in [0.05, 0.1) is 17.1 Å². The first-order chi connectivity index (χ1) is 13.2. The summed E-state index contributed by atoms with van der Waals surface area (Å²) in [7, 11) is 0. The van der Waals surface area contributed by atoms with Gasteiger partial charge in [-0.3, -0.25) is 9.69 Å². The quantitative estimate of drug-likeness (QED) is 0.779. The van der Waals surface area contributed by atoms with Gasteiger partial charge in [-0.2, -0.15) is 5.26 Å². The molecule has 1 aliphatic rings. The Labute approximate surface area is 171 Å². The number of nitrogens with zero attached hydrogens (tertiary/aromatic N) is 2. The van der Waals surface area contributed by atoms with Crippen LogP contribution in [0.4, 0.5) is 10.5 Å². The Balaban J connectivity index is 1.89. The van der Waals surface area contributed by atoms with Gasteiger partial charge in [0.15, 0.2) is 0 Å². The van der Waals surface area contributed by atoms with Crippen molar-refractivity contribution >= 4 is 29.3 Å². The molecular formula is C20H27ClN4O3. The van der Waals surface area contributed by atoms with Crippen LogP contribution in [-0.4, -0.2) is 48.2 Å². The van der Waals surface area contributed by atoms with Crippen molar-refractivity contribution in [2.45, 2.75) is 51.7 Å². The molecule has 0 bridgehead atoms. The number of benzene rings is 1. The Bertz CT molecular complexity index is 755. The summed E-state index contributed by atoms with van der Waals surface area (Å²) >= 11 is 6.01. The van der Waals surface area contributed by atoms with Crippen LogP contribution >= 0.6 is 11.6 Å². The highest BCUT2D eigenvalue weighted by Gasteiger charge is 2.25. The second-order valence-electron chi connectivity index (χ2n) is 7.86. The lowest BCUT2D eigenvalue weighted by Gasteiger charge is -2.35. The van der Waals surface area contributed by atoms with E-state index >= 15 is 0 Å². The lowest BCUT2D eigenvalue weighted by molar-refractivity contribution is -0.118. The number of rotatable bonds is 5. The van der Waals surface area contributed by atoms with E-state index in [1.165, 1.54) is 0 Å². The Hall–Kier alpha value is -2.30.